The van der Waals surface area contributed by atoms with Crippen LogP contribution in [-0.4, -0.2) is 6.04 Å². The number of nitrogens with two attached hydrogens (primary N) is 1. The molecule has 0 aliphatic heterocycles. The van der Waals surface area contributed by atoms with Crippen molar-refractivity contribution in [3.8, 4) is 0 Å². The number of rotatable bonds is 2. The van der Waals surface area contributed by atoms with Crippen molar-refractivity contribution in [1.82, 2.24) is 0 Å². The quantitative estimate of drug-likeness (QED) is 0.593. The van der Waals surface area contributed by atoms with Crippen LogP contribution < -0.4 is 5.73 Å². The fraction of sp³-hybridized carbons (Fsp3) is 1.00. The molecule has 2 rings (SSSR count). The van der Waals surface area contributed by atoms with Gasteiger partial charge in [-0.15, -0.1) is 0 Å². The van der Waals surface area contributed by atoms with E-state index in [1.807, 2.05) is 0 Å². The van der Waals surface area contributed by atoms with E-state index in [9.17, 15) is 0 Å². The molecule has 1 nitrogen and oxygen atoms in total. The van der Waals surface area contributed by atoms with Gasteiger partial charge in [-0.3, -0.25) is 0 Å². The molecule has 0 amide bonds. The van der Waals surface area contributed by atoms with Crippen LogP contribution in [0.4, 0.5) is 0 Å². The van der Waals surface area contributed by atoms with Crippen LogP contribution in [-0.2, 0) is 0 Å². The summed E-state index contributed by atoms with van der Waals surface area (Å²) in [7, 11) is 0. The molecule has 0 aromatic carbocycles. The molecule has 0 bridgehead atoms. The molecule has 2 aliphatic carbocycles. The first-order valence-corrected chi connectivity index (χ1v) is 4.03. The lowest BCUT2D eigenvalue weighted by molar-refractivity contribution is 0.601. The highest BCUT2D eigenvalue weighted by Gasteiger charge is 2.41. The maximum absolute atomic E-state index is 5.69. The van der Waals surface area contributed by atoms with Gasteiger partial charge in [-0.25, -0.2) is 0 Å². The average Bonchev–Trinajstić information content (AvgIpc) is 2.59. The van der Waals surface area contributed by atoms with E-state index in [4.69, 9.17) is 5.73 Å². The van der Waals surface area contributed by atoms with Gasteiger partial charge in [-0.2, -0.15) is 0 Å². The van der Waals surface area contributed by atoms with Crippen molar-refractivity contribution in [2.45, 2.75) is 32.2 Å². The van der Waals surface area contributed by atoms with Crippen LogP contribution in [0.25, 0.3) is 0 Å². The zero-order valence-corrected chi connectivity index (χ0v) is 6.01. The van der Waals surface area contributed by atoms with Crippen molar-refractivity contribution in [3.63, 3.8) is 0 Å². The lowest BCUT2D eigenvalue weighted by Crippen LogP contribution is -2.02. The fourth-order valence-electron chi connectivity index (χ4n) is 1.66. The molecule has 4 atom stereocenters. The van der Waals surface area contributed by atoms with Gasteiger partial charge in [0.05, 0.1) is 0 Å². The van der Waals surface area contributed by atoms with Crippen molar-refractivity contribution in [3.05, 3.63) is 0 Å². The first kappa shape index (κ1) is 5.72. The lowest BCUT2D eigenvalue weighted by Gasteiger charge is -1.91. The molecule has 4 unspecified atom stereocenters. The molecule has 0 spiro atoms. The molecule has 0 radical (unpaired) electrons. The van der Waals surface area contributed by atoms with Crippen molar-refractivity contribution >= 4 is 0 Å². The Morgan fingerprint density at radius 2 is 1.89 bits per heavy atom. The summed E-state index contributed by atoms with van der Waals surface area (Å²) in [4.78, 5) is 0. The zero-order valence-electron chi connectivity index (χ0n) is 6.01. The van der Waals surface area contributed by atoms with E-state index < -0.39 is 0 Å². The smallest absolute Gasteiger partial charge is 0.00710 e. The van der Waals surface area contributed by atoms with E-state index in [1.165, 1.54) is 19.3 Å². The number of hydrogen-bond acceptors (Lipinski definition) is 1. The second-order valence-corrected chi connectivity index (χ2v) is 3.87. The summed E-state index contributed by atoms with van der Waals surface area (Å²) in [6.45, 7) is 2.35. The van der Waals surface area contributed by atoms with Crippen LogP contribution in [0.5, 0.6) is 0 Å². The van der Waals surface area contributed by atoms with Gasteiger partial charge < -0.3 is 5.73 Å². The van der Waals surface area contributed by atoms with E-state index in [0.29, 0.717) is 6.04 Å². The zero-order chi connectivity index (χ0) is 6.43. The third-order valence-corrected chi connectivity index (χ3v) is 2.86. The summed E-state index contributed by atoms with van der Waals surface area (Å²) in [5.74, 6) is 3.00. The summed E-state index contributed by atoms with van der Waals surface area (Å²) in [5.41, 5.74) is 5.69. The largest absolute Gasteiger partial charge is 0.327 e. The number of hydrogen-bond donors (Lipinski definition) is 1. The molecule has 2 saturated carbocycles. The monoisotopic (exact) mass is 125 g/mol. The van der Waals surface area contributed by atoms with Gasteiger partial charge in [0.25, 0.3) is 0 Å². The first-order valence-electron chi connectivity index (χ1n) is 4.03. The predicted molar refractivity (Wildman–Crippen MR) is 38.0 cm³/mol. The summed E-state index contributed by atoms with van der Waals surface area (Å²) in [6.07, 6.45) is 4.22. The minimum atomic E-state index is 0.581. The Kier molecular flexibility index (Phi) is 1.10. The van der Waals surface area contributed by atoms with Crippen molar-refractivity contribution in [2.24, 2.45) is 23.5 Å². The molecule has 0 heterocycles. The molecule has 52 valence electrons. The second kappa shape index (κ2) is 1.72. The molecule has 1 heteroatoms. The van der Waals surface area contributed by atoms with E-state index in [0.717, 1.165) is 17.8 Å². The lowest BCUT2D eigenvalue weighted by atomic mass is 10.2. The van der Waals surface area contributed by atoms with Crippen molar-refractivity contribution in [2.75, 3.05) is 0 Å². The van der Waals surface area contributed by atoms with Crippen LogP contribution in [0, 0.1) is 17.8 Å². The first-order chi connectivity index (χ1) is 4.27. The summed E-state index contributed by atoms with van der Waals surface area (Å²) >= 11 is 0. The molecule has 2 N–H and O–H groups in total. The summed E-state index contributed by atoms with van der Waals surface area (Å²) in [5, 5.41) is 0. The maximum Gasteiger partial charge on any atom is 0.00710 e. The van der Waals surface area contributed by atoms with Crippen molar-refractivity contribution in [1.29, 1.82) is 0 Å². The van der Waals surface area contributed by atoms with Gasteiger partial charge in [-0.1, -0.05) is 6.92 Å². The van der Waals surface area contributed by atoms with E-state index in [1.54, 1.807) is 0 Å². The van der Waals surface area contributed by atoms with Gasteiger partial charge in [-0.05, 0) is 37.0 Å². The van der Waals surface area contributed by atoms with Crippen molar-refractivity contribution < 1.29 is 0 Å². The topological polar surface area (TPSA) is 26.0 Å². The highest BCUT2D eigenvalue weighted by molar-refractivity contribution is 4.95. The summed E-state index contributed by atoms with van der Waals surface area (Å²) in [6, 6.07) is 0.581. The highest BCUT2D eigenvalue weighted by Crippen LogP contribution is 2.47. The molecular formula is C8H15N. The SMILES string of the molecule is CC1CC1CC1CC1N. The maximum atomic E-state index is 5.69. The highest BCUT2D eigenvalue weighted by atomic mass is 14.7. The summed E-state index contributed by atoms with van der Waals surface area (Å²) < 4.78 is 0. The van der Waals surface area contributed by atoms with Crippen LogP contribution in [0.2, 0.25) is 0 Å². The third kappa shape index (κ3) is 1.11. The molecule has 2 aliphatic rings. The van der Waals surface area contributed by atoms with Crippen LogP contribution in [0.15, 0.2) is 0 Å². The Morgan fingerprint density at radius 3 is 2.22 bits per heavy atom. The standard InChI is InChI=1S/C8H15N/c1-5-2-6(5)3-7-4-8(7)9/h5-8H,2-4,9H2,1H3. The van der Waals surface area contributed by atoms with Gasteiger partial charge >= 0.3 is 0 Å². The molecule has 0 saturated heterocycles. The van der Waals surface area contributed by atoms with Crippen LogP contribution >= 0.6 is 0 Å². The van der Waals surface area contributed by atoms with E-state index in [-0.39, 0.29) is 0 Å². The Bertz CT molecular complexity index is 108. The Hall–Kier alpha value is -0.0400. The second-order valence-electron chi connectivity index (χ2n) is 3.87. The minimum absolute atomic E-state index is 0.581. The minimum Gasteiger partial charge on any atom is -0.327 e. The average molecular weight is 125 g/mol. The van der Waals surface area contributed by atoms with Gasteiger partial charge in [0.2, 0.25) is 0 Å². The third-order valence-electron chi connectivity index (χ3n) is 2.86. The Morgan fingerprint density at radius 1 is 1.33 bits per heavy atom. The Balaban J connectivity index is 1.69. The van der Waals surface area contributed by atoms with E-state index >= 15 is 0 Å². The van der Waals surface area contributed by atoms with E-state index in [2.05, 4.69) is 6.92 Å². The van der Waals surface area contributed by atoms with Gasteiger partial charge in [0.15, 0.2) is 0 Å². The molecule has 9 heavy (non-hydrogen) atoms. The van der Waals surface area contributed by atoms with Gasteiger partial charge in [0, 0.05) is 6.04 Å². The predicted octanol–water partition coefficient (Wildman–Crippen LogP) is 1.38. The molecule has 2 fully saturated rings. The Labute approximate surface area is 56.6 Å². The van der Waals surface area contributed by atoms with Crippen LogP contribution in [0.1, 0.15) is 26.2 Å². The van der Waals surface area contributed by atoms with Gasteiger partial charge in [0.1, 0.15) is 0 Å². The van der Waals surface area contributed by atoms with Crippen LogP contribution in [0.3, 0.4) is 0 Å². The molecule has 0 aromatic rings. The normalized spacial score (nSPS) is 55.3. The molecule has 0 aromatic heterocycles. The molecular weight excluding hydrogens is 110 g/mol. The fourth-order valence-corrected chi connectivity index (χ4v) is 1.66.